The number of rotatable bonds is 16. The lowest BCUT2D eigenvalue weighted by molar-refractivity contribution is 0.0478. The number of ether oxygens (including phenoxy) is 4. The Balaban J connectivity index is 2.77. The van der Waals surface area contributed by atoms with Gasteiger partial charge in [-0.3, -0.25) is 0 Å². The van der Waals surface area contributed by atoms with Crippen molar-refractivity contribution in [2.24, 2.45) is 0 Å². The summed E-state index contributed by atoms with van der Waals surface area (Å²) in [6.45, 7) is 8.71. The molecule has 0 fully saturated rings. The van der Waals surface area contributed by atoms with Crippen molar-refractivity contribution in [3.63, 3.8) is 0 Å². The number of carbonyl (C=O) groups is 4. The first-order valence-electron chi connectivity index (χ1n) is 13.7. The van der Waals surface area contributed by atoms with E-state index >= 15 is 0 Å². The molecule has 0 N–H and O–H groups in total. The lowest BCUT2D eigenvalue weighted by Crippen LogP contribution is -2.17. The van der Waals surface area contributed by atoms with E-state index in [1.807, 2.05) is 27.7 Å². The van der Waals surface area contributed by atoms with Crippen LogP contribution in [-0.2, 0) is 18.9 Å². The van der Waals surface area contributed by atoms with E-state index in [1.54, 1.807) is 0 Å². The highest BCUT2D eigenvalue weighted by Gasteiger charge is 2.28. The second-order valence-corrected chi connectivity index (χ2v) is 9.03. The van der Waals surface area contributed by atoms with Crippen LogP contribution in [0.25, 0.3) is 10.8 Å². The molecule has 0 aliphatic carbocycles. The molecule has 0 aliphatic rings. The largest absolute Gasteiger partial charge is 0.462 e. The molecular weight excluding hydrogens is 488 g/mol. The van der Waals surface area contributed by atoms with Crippen molar-refractivity contribution in [2.75, 3.05) is 26.4 Å². The molecule has 0 radical (unpaired) electrons. The summed E-state index contributed by atoms with van der Waals surface area (Å²) in [6, 6.07) is 5.73. The zero-order valence-electron chi connectivity index (χ0n) is 23.1. The van der Waals surface area contributed by atoms with Gasteiger partial charge in [-0.1, -0.05) is 53.4 Å². The number of benzene rings is 2. The molecule has 2 aromatic carbocycles. The molecule has 0 spiro atoms. The number of hydrogen-bond acceptors (Lipinski definition) is 8. The molecule has 2 rings (SSSR count). The quantitative estimate of drug-likeness (QED) is 0.135. The Bertz CT molecular complexity index is 936. The van der Waals surface area contributed by atoms with Gasteiger partial charge in [0.25, 0.3) is 0 Å². The van der Waals surface area contributed by atoms with E-state index in [0.29, 0.717) is 25.7 Å². The summed E-state index contributed by atoms with van der Waals surface area (Å²) in [5.74, 6) is -2.64. The summed E-state index contributed by atoms with van der Waals surface area (Å²) in [5, 5.41) is 0.228. The molecule has 0 aromatic heterocycles. The van der Waals surface area contributed by atoms with Crippen molar-refractivity contribution in [3.05, 3.63) is 46.5 Å². The maximum atomic E-state index is 13.1. The second-order valence-electron chi connectivity index (χ2n) is 9.03. The third-order valence-electron chi connectivity index (χ3n) is 5.96. The number of hydrogen-bond donors (Lipinski definition) is 0. The number of unbranched alkanes of at least 4 members (excludes halogenated alkanes) is 4. The van der Waals surface area contributed by atoms with Crippen molar-refractivity contribution in [1.29, 1.82) is 0 Å². The van der Waals surface area contributed by atoms with Gasteiger partial charge in [0.05, 0.1) is 48.7 Å². The molecule has 0 saturated heterocycles. The first-order chi connectivity index (χ1) is 18.4. The lowest BCUT2D eigenvalue weighted by Gasteiger charge is -2.17. The van der Waals surface area contributed by atoms with E-state index in [0.717, 1.165) is 25.7 Å². The topological polar surface area (TPSA) is 105 Å². The Labute approximate surface area is 225 Å². The molecule has 0 heterocycles. The highest BCUT2D eigenvalue weighted by molar-refractivity contribution is 6.22. The Morgan fingerprint density at radius 3 is 0.842 bits per heavy atom. The molecule has 0 saturated carbocycles. The summed E-state index contributed by atoms with van der Waals surface area (Å²) in [7, 11) is 0. The van der Waals surface area contributed by atoms with Gasteiger partial charge in [0.1, 0.15) is 0 Å². The normalized spacial score (nSPS) is 10.7. The van der Waals surface area contributed by atoms with Crippen LogP contribution in [0.5, 0.6) is 0 Å². The summed E-state index contributed by atoms with van der Waals surface area (Å²) in [6.07, 6.45) is 6.02. The van der Waals surface area contributed by atoms with Crippen molar-refractivity contribution in [1.82, 2.24) is 0 Å². The van der Waals surface area contributed by atoms with Crippen LogP contribution < -0.4 is 0 Å². The minimum absolute atomic E-state index is 0.0619. The van der Waals surface area contributed by atoms with Crippen molar-refractivity contribution < 1.29 is 38.1 Å². The predicted molar refractivity (Wildman–Crippen MR) is 145 cm³/mol. The van der Waals surface area contributed by atoms with Gasteiger partial charge in [0.2, 0.25) is 0 Å². The van der Waals surface area contributed by atoms with Crippen molar-refractivity contribution in [3.8, 4) is 0 Å². The van der Waals surface area contributed by atoms with E-state index in [9.17, 15) is 19.2 Å². The van der Waals surface area contributed by atoms with Gasteiger partial charge in [0.15, 0.2) is 0 Å². The van der Waals surface area contributed by atoms with Gasteiger partial charge in [-0.05, 0) is 49.9 Å². The van der Waals surface area contributed by atoms with Gasteiger partial charge in [0, 0.05) is 10.8 Å². The fourth-order valence-corrected chi connectivity index (χ4v) is 3.72. The van der Waals surface area contributed by atoms with E-state index < -0.39 is 23.9 Å². The average molecular weight is 529 g/mol. The SMILES string of the molecule is CCCCOC(=O)c1ccc(C(=O)OCCCC)c2c(C(=O)OCCCC)ccc(C(=O)OCCCC)c12. The Hall–Kier alpha value is -3.42. The third-order valence-corrected chi connectivity index (χ3v) is 5.96. The van der Waals surface area contributed by atoms with Crippen LogP contribution in [-0.4, -0.2) is 50.3 Å². The highest BCUT2D eigenvalue weighted by atomic mass is 16.5. The molecular formula is C30H40O8. The summed E-state index contributed by atoms with van der Waals surface area (Å²) in [5.41, 5.74) is 0.248. The molecule has 208 valence electrons. The van der Waals surface area contributed by atoms with Gasteiger partial charge in [-0.2, -0.15) is 0 Å². The van der Waals surface area contributed by atoms with E-state index in [4.69, 9.17) is 18.9 Å². The first-order valence-corrected chi connectivity index (χ1v) is 13.7. The van der Waals surface area contributed by atoms with Gasteiger partial charge >= 0.3 is 23.9 Å². The minimum Gasteiger partial charge on any atom is -0.462 e. The molecule has 38 heavy (non-hydrogen) atoms. The Kier molecular flexibility index (Phi) is 13.3. The third kappa shape index (κ3) is 8.30. The van der Waals surface area contributed by atoms with Gasteiger partial charge < -0.3 is 18.9 Å². The van der Waals surface area contributed by atoms with E-state index in [-0.39, 0.29) is 59.5 Å². The highest BCUT2D eigenvalue weighted by Crippen LogP contribution is 2.32. The van der Waals surface area contributed by atoms with E-state index in [1.165, 1.54) is 24.3 Å². The molecule has 0 aliphatic heterocycles. The molecule has 0 atom stereocenters. The predicted octanol–water partition coefficient (Wildman–Crippen LogP) is 6.67. The minimum atomic E-state index is -0.659. The molecule has 8 nitrogen and oxygen atoms in total. The summed E-state index contributed by atoms with van der Waals surface area (Å²) >= 11 is 0. The lowest BCUT2D eigenvalue weighted by atomic mass is 9.91. The smallest absolute Gasteiger partial charge is 0.338 e. The van der Waals surface area contributed by atoms with Crippen molar-refractivity contribution >= 4 is 34.6 Å². The maximum absolute atomic E-state index is 13.1. The zero-order valence-corrected chi connectivity index (χ0v) is 23.1. The van der Waals surface area contributed by atoms with Gasteiger partial charge in [-0.15, -0.1) is 0 Å². The monoisotopic (exact) mass is 528 g/mol. The standard InChI is InChI=1S/C30H40O8/c1-5-9-17-35-27(31)21-13-14-23(29(33)37-19-11-7-3)26-24(30(34)38-20-12-8-4)16-15-22(25(21)26)28(32)36-18-10-6-2/h13-16H,5-12,17-20H2,1-4H3. The fourth-order valence-electron chi connectivity index (χ4n) is 3.72. The number of carbonyl (C=O) groups excluding carboxylic acids is 4. The molecule has 0 bridgehead atoms. The molecule has 2 aromatic rings. The van der Waals surface area contributed by atoms with Crippen molar-refractivity contribution in [2.45, 2.75) is 79.1 Å². The number of fused-ring (bicyclic) bond motifs is 1. The van der Waals surface area contributed by atoms with E-state index in [2.05, 4.69) is 0 Å². The van der Waals surface area contributed by atoms with Gasteiger partial charge in [-0.25, -0.2) is 19.2 Å². The Morgan fingerprint density at radius 2 is 0.658 bits per heavy atom. The maximum Gasteiger partial charge on any atom is 0.338 e. The van der Waals surface area contributed by atoms with Crippen LogP contribution >= 0.6 is 0 Å². The summed E-state index contributed by atoms with van der Waals surface area (Å²) in [4.78, 5) is 52.6. The Morgan fingerprint density at radius 1 is 0.447 bits per heavy atom. The first kappa shape index (κ1) is 30.8. The van der Waals surface area contributed by atoms with Crippen LogP contribution in [0.15, 0.2) is 24.3 Å². The number of esters is 4. The molecule has 8 heteroatoms. The molecule has 0 amide bonds. The van der Waals surface area contributed by atoms with Crippen LogP contribution in [0.4, 0.5) is 0 Å². The van der Waals surface area contributed by atoms with Crippen LogP contribution in [0.2, 0.25) is 0 Å². The van der Waals surface area contributed by atoms with Crippen LogP contribution in [0.3, 0.4) is 0 Å². The zero-order chi connectivity index (χ0) is 27.9. The fraction of sp³-hybridized carbons (Fsp3) is 0.533. The second kappa shape index (κ2) is 16.4. The molecule has 0 unspecified atom stereocenters. The van der Waals surface area contributed by atoms with Crippen LogP contribution in [0, 0.1) is 0 Å². The summed E-state index contributed by atoms with van der Waals surface area (Å²) < 4.78 is 21.8. The van der Waals surface area contributed by atoms with Crippen LogP contribution in [0.1, 0.15) is 120 Å². The average Bonchev–Trinajstić information content (AvgIpc) is 2.92.